The van der Waals surface area contributed by atoms with Crippen molar-refractivity contribution in [3.8, 4) is 0 Å². The van der Waals surface area contributed by atoms with E-state index >= 15 is 0 Å². The number of esters is 1. The third-order valence-electron chi connectivity index (χ3n) is 4.89. The number of nitrogens with zero attached hydrogens (tertiary/aromatic N) is 1. The normalized spacial score (nSPS) is 10.6. The van der Waals surface area contributed by atoms with E-state index in [0.717, 1.165) is 28.8 Å². The molecule has 0 aliphatic carbocycles. The number of carbonyl (C=O) groups is 2. The summed E-state index contributed by atoms with van der Waals surface area (Å²) in [7, 11) is 0. The molecule has 0 fully saturated rings. The third kappa shape index (κ3) is 7.39. The van der Waals surface area contributed by atoms with Crippen LogP contribution < -0.4 is 5.32 Å². The molecular formula is C26H28N2O3. The van der Waals surface area contributed by atoms with Gasteiger partial charge in [0.15, 0.2) is 6.61 Å². The molecule has 0 aromatic heterocycles. The van der Waals surface area contributed by atoms with Crippen molar-refractivity contribution in [3.63, 3.8) is 0 Å². The van der Waals surface area contributed by atoms with Crippen LogP contribution >= 0.6 is 0 Å². The standard InChI is InChI=1S/C26H28N2O3/c1-2-23-15-9-10-16-24(23)27-25(29)20-31-26(30)19-28(17-21-11-5-3-6-12-21)18-22-13-7-4-8-14-22/h3-16H,2,17-20H2,1H3,(H,27,29). The van der Waals surface area contributed by atoms with Crippen molar-refractivity contribution in [3.05, 3.63) is 102 Å². The molecule has 5 heteroatoms. The second kappa shape index (κ2) is 11.7. The summed E-state index contributed by atoms with van der Waals surface area (Å²) >= 11 is 0. The maximum absolute atomic E-state index is 12.5. The lowest BCUT2D eigenvalue weighted by molar-refractivity contribution is -0.148. The van der Waals surface area contributed by atoms with E-state index in [0.29, 0.717) is 13.1 Å². The van der Waals surface area contributed by atoms with Gasteiger partial charge in [0.25, 0.3) is 5.91 Å². The largest absolute Gasteiger partial charge is 0.455 e. The highest BCUT2D eigenvalue weighted by molar-refractivity contribution is 5.93. The maximum atomic E-state index is 12.5. The lowest BCUT2D eigenvalue weighted by Gasteiger charge is -2.21. The molecule has 0 spiro atoms. The van der Waals surface area contributed by atoms with Crippen molar-refractivity contribution in [2.24, 2.45) is 0 Å². The van der Waals surface area contributed by atoms with E-state index in [4.69, 9.17) is 4.74 Å². The van der Waals surface area contributed by atoms with Gasteiger partial charge in [-0.15, -0.1) is 0 Å². The number of nitrogens with one attached hydrogen (secondary N) is 1. The van der Waals surface area contributed by atoms with Crippen LogP contribution in [0.25, 0.3) is 0 Å². The molecule has 3 aromatic rings. The molecule has 1 N–H and O–H groups in total. The van der Waals surface area contributed by atoms with E-state index in [1.54, 1.807) is 0 Å². The molecule has 0 aliphatic rings. The average Bonchev–Trinajstić information content (AvgIpc) is 2.79. The van der Waals surface area contributed by atoms with Gasteiger partial charge in [-0.25, -0.2) is 0 Å². The maximum Gasteiger partial charge on any atom is 0.320 e. The van der Waals surface area contributed by atoms with Crippen LogP contribution in [0.15, 0.2) is 84.9 Å². The summed E-state index contributed by atoms with van der Waals surface area (Å²) in [6.45, 7) is 3.05. The average molecular weight is 417 g/mol. The highest BCUT2D eigenvalue weighted by atomic mass is 16.5. The molecule has 0 saturated carbocycles. The summed E-state index contributed by atoms with van der Waals surface area (Å²) in [5.41, 5.74) is 4.01. The van der Waals surface area contributed by atoms with E-state index in [1.165, 1.54) is 0 Å². The van der Waals surface area contributed by atoms with E-state index in [2.05, 4.69) is 5.32 Å². The molecule has 0 aliphatic heterocycles. The Balaban J connectivity index is 1.55. The molecule has 160 valence electrons. The van der Waals surface area contributed by atoms with Crippen LogP contribution in [0.1, 0.15) is 23.6 Å². The number of hydrogen-bond donors (Lipinski definition) is 1. The molecule has 0 heterocycles. The van der Waals surface area contributed by atoms with Gasteiger partial charge in [-0.3, -0.25) is 14.5 Å². The number of para-hydroxylation sites is 1. The van der Waals surface area contributed by atoms with E-state index in [-0.39, 0.29) is 19.1 Å². The Morgan fingerprint density at radius 1 is 0.806 bits per heavy atom. The summed E-state index contributed by atoms with van der Waals surface area (Å²) in [5, 5.41) is 2.82. The van der Waals surface area contributed by atoms with Gasteiger partial charge < -0.3 is 10.1 Å². The molecule has 1 amide bonds. The first-order valence-corrected chi connectivity index (χ1v) is 10.5. The molecular weight excluding hydrogens is 388 g/mol. The predicted octanol–water partition coefficient (Wildman–Crippen LogP) is 4.43. The van der Waals surface area contributed by atoms with Crippen LogP contribution in [0.3, 0.4) is 0 Å². The fraction of sp³-hybridized carbons (Fsp3) is 0.231. The Bertz CT molecular complexity index is 933. The summed E-state index contributed by atoms with van der Waals surface area (Å²) < 4.78 is 5.26. The molecule has 5 nitrogen and oxygen atoms in total. The van der Waals surface area contributed by atoms with Gasteiger partial charge in [-0.1, -0.05) is 85.8 Å². The number of ether oxygens (including phenoxy) is 1. The molecule has 0 radical (unpaired) electrons. The van der Waals surface area contributed by atoms with Crippen LogP contribution in [0.5, 0.6) is 0 Å². The molecule has 3 aromatic carbocycles. The Morgan fingerprint density at radius 3 is 1.94 bits per heavy atom. The topological polar surface area (TPSA) is 58.6 Å². The molecule has 0 bridgehead atoms. The second-order valence-electron chi connectivity index (χ2n) is 7.34. The number of benzene rings is 3. The molecule has 0 saturated heterocycles. The number of hydrogen-bond acceptors (Lipinski definition) is 4. The third-order valence-corrected chi connectivity index (χ3v) is 4.89. The Morgan fingerprint density at radius 2 is 1.35 bits per heavy atom. The van der Waals surface area contributed by atoms with Crippen LogP contribution in [0.2, 0.25) is 0 Å². The Labute approximate surface area is 183 Å². The minimum absolute atomic E-state index is 0.0998. The Kier molecular flexibility index (Phi) is 8.38. The molecule has 0 atom stereocenters. The predicted molar refractivity (Wildman–Crippen MR) is 122 cm³/mol. The van der Waals surface area contributed by atoms with Gasteiger partial charge in [0.2, 0.25) is 0 Å². The van der Waals surface area contributed by atoms with Gasteiger partial charge in [0.1, 0.15) is 0 Å². The van der Waals surface area contributed by atoms with Crippen LogP contribution in [0, 0.1) is 0 Å². The first-order chi connectivity index (χ1) is 15.1. The number of amides is 1. The van der Waals surface area contributed by atoms with Crippen molar-refractivity contribution < 1.29 is 14.3 Å². The quantitative estimate of drug-likeness (QED) is 0.497. The summed E-state index contributed by atoms with van der Waals surface area (Å²) in [6, 6.07) is 27.6. The monoisotopic (exact) mass is 416 g/mol. The number of carbonyl (C=O) groups excluding carboxylic acids is 2. The number of aryl methyl sites for hydroxylation is 1. The van der Waals surface area contributed by atoms with E-state index in [9.17, 15) is 9.59 Å². The lowest BCUT2D eigenvalue weighted by atomic mass is 10.1. The SMILES string of the molecule is CCc1ccccc1NC(=O)COC(=O)CN(Cc1ccccc1)Cc1ccccc1. The minimum Gasteiger partial charge on any atom is -0.455 e. The van der Waals surface area contributed by atoms with Gasteiger partial charge in [0.05, 0.1) is 6.54 Å². The van der Waals surface area contributed by atoms with Crippen molar-refractivity contribution in [1.82, 2.24) is 4.90 Å². The Hall–Kier alpha value is -3.44. The van der Waals surface area contributed by atoms with Crippen molar-refractivity contribution in [2.45, 2.75) is 26.4 Å². The lowest BCUT2D eigenvalue weighted by Crippen LogP contribution is -2.32. The van der Waals surface area contributed by atoms with E-state index in [1.807, 2.05) is 96.8 Å². The van der Waals surface area contributed by atoms with Crippen LogP contribution in [0.4, 0.5) is 5.69 Å². The zero-order valence-corrected chi connectivity index (χ0v) is 17.8. The van der Waals surface area contributed by atoms with Gasteiger partial charge in [-0.2, -0.15) is 0 Å². The molecule has 3 rings (SSSR count). The minimum atomic E-state index is -0.425. The van der Waals surface area contributed by atoms with Gasteiger partial charge >= 0.3 is 5.97 Å². The van der Waals surface area contributed by atoms with E-state index < -0.39 is 5.97 Å². The fourth-order valence-electron chi connectivity index (χ4n) is 3.36. The number of rotatable bonds is 10. The number of anilines is 1. The molecule has 31 heavy (non-hydrogen) atoms. The summed E-state index contributed by atoms with van der Waals surface area (Å²) in [5.74, 6) is -0.766. The smallest absolute Gasteiger partial charge is 0.320 e. The second-order valence-corrected chi connectivity index (χ2v) is 7.34. The van der Waals surface area contributed by atoms with Crippen LogP contribution in [-0.4, -0.2) is 29.9 Å². The summed E-state index contributed by atoms with van der Waals surface area (Å²) in [6.07, 6.45) is 0.810. The summed E-state index contributed by atoms with van der Waals surface area (Å²) in [4.78, 5) is 26.7. The highest BCUT2D eigenvalue weighted by Gasteiger charge is 2.15. The zero-order chi connectivity index (χ0) is 21.9. The zero-order valence-electron chi connectivity index (χ0n) is 17.8. The van der Waals surface area contributed by atoms with Crippen molar-refractivity contribution in [2.75, 3.05) is 18.5 Å². The fourth-order valence-corrected chi connectivity index (χ4v) is 3.36. The first-order valence-electron chi connectivity index (χ1n) is 10.5. The van der Waals surface area contributed by atoms with Crippen molar-refractivity contribution in [1.29, 1.82) is 0 Å². The van der Waals surface area contributed by atoms with Gasteiger partial charge in [-0.05, 0) is 29.2 Å². The molecule has 0 unspecified atom stereocenters. The van der Waals surface area contributed by atoms with Gasteiger partial charge in [0, 0.05) is 18.8 Å². The first kappa shape index (κ1) is 22.2. The van der Waals surface area contributed by atoms with Crippen LogP contribution in [-0.2, 0) is 33.8 Å². The van der Waals surface area contributed by atoms with Crippen molar-refractivity contribution >= 4 is 17.6 Å². The highest BCUT2D eigenvalue weighted by Crippen LogP contribution is 2.15.